The number of carbonyl (C=O) groups is 1. The summed E-state index contributed by atoms with van der Waals surface area (Å²) in [4.78, 5) is 15.9. The molecule has 1 atom stereocenters. The molecule has 0 aliphatic carbocycles. The molecule has 98 valence electrons. The van der Waals surface area contributed by atoms with Crippen molar-refractivity contribution in [1.29, 1.82) is 0 Å². The molecule has 0 amide bonds. The van der Waals surface area contributed by atoms with E-state index in [1.165, 1.54) is 11.8 Å². The first-order valence-corrected chi connectivity index (χ1v) is 6.84. The Bertz CT molecular complexity index is 584. The molecule has 0 unspecified atom stereocenters. The van der Waals surface area contributed by atoms with Crippen LogP contribution in [0.25, 0.3) is 0 Å². The van der Waals surface area contributed by atoms with E-state index in [1.807, 2.05) is 56.3 Å². The Morgan fingerprint density at radius 1 is 1.16 bits per heavy atom. The summed E-state index contributed by atoms with van der Waals surface area (Å²) in [5.41, 5.74) is 2.67. The number of pyridine rings is 1. The summed E-state index contributed by atoms with van der Waals surface area (Å²) in [5, 5.41) is 9.54. The maximum atomic E-state index is 11.5. The number of rotatable bonds is 4. The van der Waals surface area contributed by atoms with Crippen LogP contribution in [0.15, 0.2) is 47.5 Å². The quantitative estimate of drug-likeness (QED) is 0.864. The molecule has 0 radical (unpaired) electrons. The third kappa shape index (κ3) is 3.35. The number of thioether (sulfide) groups is 1. The molecule has 1 heterocycles. The molecule has 2 aromatic rings. The van der Waals surface area contributed by atoms with Gasteiger partial charge in [-0.25, -0.2) is 4.98 Å². The summed E-state index contributed by atoms with van der Waals surface area (Å²) in [5.74, 6) is -0.848. The number of nitrogens with zero attached hydrogens (tertiary/aromatic N) is 1. The van der Waals surface area contributed by atoms with Gasteiger partial charge in [-0.1, -0.05) is 48.2 Å². The number of carboxylic acid groups (broad SMARTS) is 1. The molecular weight excluding hydrogens is 258 g/mol. The highest BCUT2D eigenvalue weighted by atomic mass is 32.2. The van der Waals surface area contributed by atoms with Crippen molar-refractivity contribution in [2.75, 3.05) is 0 Å². The van der Waals surface area contributed by atoms with Crippen LogP contribution in [0.4, 0.5) is 0 Å². The van der Waals surface area contributed by atoms with Crippen LogP contribution in [-0.4, -0.2) is 16.1 Å². The number of carboxylic acids is 1. The Hall–Kier alpha value is -1.81. The maximum Gasteiger partial charge on any atom is 0.321 e. The van der Waals surface area contributed by atoms with Gasteiger partial charge < -0.3 is 5.11 Å². The molecule has 1 aromatic carbocycles. The van der Waals surface area contributed by atoms with Gasteiger partial charge in [-0.2, -0.15) is 0 Å². The van der Waals surface area contributed by atoms with Gasteiger partial charge in [0.25, 0.3) is 0 Å². The molecule has 19 heavy (non-hydrogen) atoms. The van der Waals surface area contributed by atoms with Crippen LogP contribution >= 0.6 is 11.8 Å². The van der Waals surface area contributed by atoms with Gasteiger partial charge in [0.15, 0.2) is 0 Å². The summed E-state index contributed by atoms with van der Waals surface area (Å²) >= 11 is 1.28. The lowest BCUT2D eigenvalue weighted by atomic mass is 10.1. The molecule has 0 aliphatic rings. The number of aryl methyl sites for hydroxylation is 2. The van der Waals surface area contributed by atoms with Gasteiger partial charge in [-0.15, -0.1) is 0 Å². The van der Waals surface area contributed by atoms with Gasteiger partial charge in [-0.05, 0) is 31.0 Å². The zero-order valence-corrected chi connectivity index (χ0v) is 11.6. The molecule has 0 bridgehead atoms. The second kappa shape index (κ2) is 5.89. The maximum absolute atomic E-state index is 11.5. The molecule has 0 spiro atoms. The van der Waals surface area contributed by atoms with Crippen LogP contribution in [0.1, 0.15) is 22.1 Å². The fourth-order valence-corrected chi connectivity index (χ4v) is 2.79. The zero-order chi connectivity index (χ0) is 13.8. The van der Waals surface area contributed by atoms with Crippen molar-refractivity contribution in [3.63, 3.8) is 0 Å². The Morgan fingerprint density at radius 2 is 1.84 bits per heavy atom. The van der Waals surface area contributed by atoms with Crippen LogP contribution in [0.3, 0.4) is 0 Å². The minimum atomic E-state index is -0.848. The van der Waals surface area contributed by atoms with E-state index >= 15 is 0 Å². The van der Waals surface area contributed by atoms with Crippen molar-refractivity contribution >= 4 is 17.7 Å². The second-order valence-corrected chi connectivity index (χ2v) is 5.42. The second-order valence-electron chi connectivity index (χ2n) is 4.32. The number of hydrogen-bond donors (Lipinski definition) is 1. The fraction of sp³-hybridized carbons (Fsp3) is 0.200. The van der Waals surface area contributed by atoms with Crippen molar-refractivity contribution < 1.29 is 9.90 Å². The SMILES string of the molecule is Cc1ccc(C)c(S[C@@H](C(=O)O)c2ccccc2)n1. The van der Waals surface area contributed by atoms with Crippen molar-refractivity contribution in [3.05, 3.63) is 59.3 Å². The van der Waals surface area contributed by atoms with Crippen molar-refractivity contribution in [2.24, 2.45) is 0 Å². The molecule has 1 aromatic heterocycles. The molecular formula is C15H15NO2S. The summed E-state index contributed by atoms with van der Waals surface area (Å²) in [6, 6.07) is 13.1. The predicted octanol–water partition coefficient (Wildman–Crippen LogP) is 3.62. The summed E-state index contributed by atoms with van der Waals surface area (Å²) in [6.45, 7) is 3.85. The average molecular weight is 273 g/mol. The lowest BCUT2D eigenvalue weighted by molar-refractivity contribution is -0.136. The van der Waals surface area contributed by atoms with Gasteiger partial charge in [0.05, 0.1) is 0 Å². The molecule has 3 nitrogen and oxygen atoms in total. The van der Waals surface area contributed by atoms with E-state index in [1.54, 1.807) is 0 Å². The fourth-order valence-electron chi connectivity index (χ4n) is 1.72. The Balaban J connectivity index is 2.32. The summed E-state index contributed by atoms with van der Waals surface area (Å²) in [7, 11) is 0. The lowest BCUT2D eigenvalue weighted by Gasteiger charge is -2.13. The minimum absolute atomic E-state index is 0.630. The van der Waals surface area contributed by atoms with Crippen LogP contribution < -0.4 is 0 Å². The van der Waals surface area contributed by atoms with E-state index < -0.39 is 11.2 Å². The van der Waals surface area contributed by atoms with Gasteiger partial charge >= 0.3 is 5.97 Å². The number of aliphatic carboxylic acids is 1. The van der Waals surface area contributed by atoms with Gasteiger partial charge in [0, 0.05) is 5.69 Å². The average Bonchev–Trinajstić information content (AvgIpc) is 2.40. The number of hydrogen-bond acceptors (Lipinski definition) is 3. The highest BCUT2D eigenvalue weighted by Gasteiger charge is 2.22. The Kier molecular flexibility index (Phi) is 4.22. The summed E-state index contributed by atoms with van der Waals surface area (Å²) in [6.07, 6.45) is 0. The lowest BCUT2D eigenvalue weighted by Crippen LogP contribution is -2.08. The third-order valence-electron chi connectivity index (χ3n) is 2.75. The third-order valence-corrected chi connectivity index (χ3v) is 4.09. The van der Waals surface area contributed by atoms with E-state index in [4.69, 9.17) is 0 Å². The van der Waals surface area contributed by atoms with E-state index in [-0.39, 0.29) is 0 Å². The first-order chi connectivity index (χ1) is 9.08. The molecule has 0 aliphatic heterocycles. The molecule has 0 saturated carbocycles. The smallest absolute Gasteiger partial charge is 0.321 e. The normalized spacial score (nSPS) is 12.1. The van der Waals surface area contributed by atoms with E-state index in [9.17, 15) is 9.90 Å². The molecule has 1 N–H and O–H groups in total. The number of benzene rings is 1. The molecule has 4 heteroatoms. The highest BCUT2D eigenvalue weighted by molar-refractivity contribution is 8.00. The number of aromatic nitrogens is 1. The Morgan fingerprint density at radius 3 is 2.47 bits per heavy atom. The van der Waals surface area contributed by atoms with Gasteiger partial charge in [0.2, 0.25) is 0 Å². The minimum Gasteiger partial charge on any atom is -0.480 e. The molecule has 0 fully saturated rings. The standard InChI is InChI=1S/C15H15NO2S/c1-10-8-9-11(2)16-14(10)19-13(15(17)18)12-6-4-3-5-7-12/h3-9,13H,1-2H3,(H,17,18)/t13-/m1/s1. The van der Waals surface area contributed by atoms with Crippen LogP contribution in [0, 0.1) is 13.8 Å². The highest BCUT2D eigenvalue weighted by Crippen LogP contribution is 2.35. The predicted molar refractivity (Wildman–Crippen MR) is 76.4 cm³/mol. The van der Waals surface area contributed by atoms with Crippen molar-refractivity contribution in [2.45, 2.75) is 24.1 Å². The van der Waals surface area contributed by atoms with Crippen molar-refractivity contribution in [3.8, 4) is 0 Å². The molecule has 0 saturated heterocycles. The summed E-state index contributed by atoms with van der Waals surface area (Å²) < 4.78 is 0. The van der Waals surface area contributed by atoms with Gasteiger partial charge in [-0.3, -0.25) is 4.79 Å². The van der Waals surface area contributed by atoms with E-state index in [2.05, 4.69) is 4.98 Å². The van der Waals surface area contributed by atoms with Crippen LogP contribution in [0.5, 0.6) is 0 Å². The van der Waals surface area contributed by atoms with Crippen LogP contribution in [0.2, 0.25) is 0 Å². The molecule has 2 rings (SSSR count). The first-order valence-electron chi connectivity index (χ1n) is 5.96. The van der Waals surface area contributed by atoms with E-state index in [0.29, 0.717) is 0 Å². The topological polar surface area (TPSA) is 50.2 Å². The zero-order valence-electron chi connectivity index (χ0n) is 10.8. The van der Waals surface area contributed by atoms with E-state index in [0.717, 1.165) is 21.8 Å². The largest absolute Gasteiger partial charge is 0.480 e. The monoisotopic (exact) mass is 273 g/mol. The Labute approximate surface area is 116 Å². The van der Waals surface area contributed by atoms with Gasteiger partial charge in [0.1, 0.15) is 10.3 Å². The van der Waals surface area contributed by atoms with Crippen molar-refractivity contribution in [1.82, 2.24) is 4.98 Å². The first kappa shape index (κ1) is 13.6. The van der Waals surface area contributed by atoms with Crippen LogP contribution in [-0.2, 0) is 4.79 Å².